The highest BCUT2D eigenvalue weighted by Crippen LogP contribution is 2.22. The molecule has 0 radical (unpaired) electrons. The first-order chi connectivity index (χ1) is 17.0. The summed E-state index contributed by atoms with van der Waals surface area (Å²) in [6, 6.07) is 11.4. The van der Waals surface area contributed by atoms with Crippen molar-refractivity contribution in [2.45, 2.75) is 44.2 Å². The molecule has 0 spiro atoms. The number of aryl methyl sites for hydroxylation is 1. The SMILES string of the molecule is CSCC[C@@H](C(=O)O)N(OC[C@@H]1CCCN1C(=O)Oc1cccnc1)C(=O)CCc1ccccc1. The van der Waals surface area contributed by atoms with E-state index in [9.17, 15) is 19.5 Å². The van der Waals surface area contributed by atoms with Crippen LogP contribution in [0, 0.1) is 0 Å². The lowest BCUT2D eigenvalue weighted by Crippen LogP contribution is -2.48. The van der Waals surface area contributed by atoms with E-state index in [1.165, 1.54) is 18.0 Å². The van der Waals surface area contributed by atoms with Gasteiger partial charge in [0.15, 0.2) is 11.8 Å². The Bertz CT molecular complexity index is 962. The molecule has 1 fully saturated rings. The summed E-state index contributed by atoms with van der Waals surface area (Å²) in [4.78, 5) is 49.2. The number of nitrogens with zero attached hydrogens (tertiary/aromatic N) is 3. The zero-order valence-corrected chi connectivity index (χ0v) is 20.6. The fraction of sp³-hybridized carbons (Fsp3) is 0.440. The van der Waals surface area contributed by atoms with E-state index in [1.807, 2.05) is 36.6 Å². The van der Waals surface area contributed by atoms with Crippen LogP contribution in [0.15, 0.2) is 54.9 Å². The first-order valence-corrected chi connectivity index (χ1v) is 13.0. The van der Waals surface area contributed by atoms with Crippen LogP contribution in [0.1, 0.15) is 31.2 Å². The molecule has 0 aliphatic carbocycles. The molecule has 1 aliphatic heterocycles. The van der Waals surface area contributed by atoms with Crippen LogP contribution in [0.5, 0.6) is 5.75 Å². The number of thioether (sulfide) groups is 1. The van der Waals surface area contributed by atoms with Crippen molar-refractivity contribution in [3.8, 4) is 5.75 Å². The second-order valence-electron chi connectivity index (χ2n) is 8.18. The van der Waals surface area contributed by atoms with Crippen molar-refractivity contribution >= 4 is 29.7 Å². The van der Waals surface area contributed by atoms with E-state index < -0.39 is 24.0 Å². The average molecular weight is 502 g/mol. The van der Waals surface area contributed by atoms with Crippen LogP contribution in [0.3, 0.4) is 0 Å². The molecule has 0 saturated carbocycles. The first kappa shape index (κ1) is 26.5. The minimum atomic E-state index is -1.12. The smallest absolute Gasteiger partial charge is 0.415 e. The van der Waals surface area contributed by atoms with Crippen LogP contribution >= 0.6 is 11.8 Å². The maximum atomic E-state index is 13.1. The Morgan fingerprint density at radius 2 is 2.03 bits per heavy atom. The summed E-state index contributed by atoms with van der Waals surface area (Å²) in [6.45, 7) is 0.492. The molecule has 2 heterocycles. The summed E-state index contributed by atoms with van der Waals surface area (Å²) in [5.74, 6) is -0.614. The summed E-state index contributed by atoms with van der Waals surface area (Å²) in [5, 5.41) is 10.8. The Balaban J connectivity index is 1.66. The number of ether oxygens (including phenoxy) is 1. The number of hydrogen-bond acceptors (Lipinski definition) is 7. The maximum absolute atomic E-state index is 13.1. The molecule has 2 atom stereocenters. The number of carboxylic acid groups (broad SMARTS) is 1. The molecule has 3 rings (SSSR count). The molecule has 9 nitrogen and oxygen atoms in total. The number of aromatic nitrogens is 1. The van der Waals surface area contributed by atoms with Crippen LogP contribution in [0.2, 0.25) is 0 Å². The second-order valence-corrected chi connectivity index (χ2v) is 9.17. The molecule has 1 aliphatic rings. The Kier molecular flexibility index (Phi) is 10.4. The topological polar surface area (TPSA) is 109 Å². The van der Waals surface area contributed by atoms with Crippen molar-refractivity contribution in [2.24, 2.45) is 0 Å². The van der Waals surface area contributed by atoms with Gasteiger partial charge in [0, 0.05) is 19.2 Å². The molecule has 0 bridgehead atoms. The van der Waals surface area contributed by atoms with E-state index in [0.717, 1.165) is 17.0 Å². The van der Waals surface area contributed by atoms with Gasteiger partial charge >= 0.3 is 12.1 Å². The van der Waals surface area contributed by atoms with E-state index in [2.05, 4.69) is 4.98 Å². The number of hydrogen-bond donors (Lipinski definition) is 1. The highest BCUT2D eigenvalue weighted by molar-refractivity contribution is 7.98. The number of pyridine rings is 1. The molecule has 1 aromatic carbocycles. The molecular weight excluding hydrogens is 470 g/mol. The van der Waals surface area contributed by atoms with E-state index in [1.54, 1.807) is 23.2 Å². The van der Waals surface area contributed by atoms with Gasteiger partial charge in [0.05, 0.1) is 18.8 Å². The van der Waals surface area contributed by atoms with Crippen molar-refractivity contribution in [3.05, 3.63) is 60.4 Å². The van der Waals surface area contributed by atoms with Crippen LogP contribution in [-0.4, -0.2) is 75.3 Å². The fourth-order valence-corrected chi connectivity index (χ4v) is 4.35. The van der Waals surface area contributed by atoms with Crippen molar-refractivity contribution in [1.82, 2.24) is 14.9 Å². The third kappa shape index (κ3) is 7.97. The third-order valence-corrected chi connectivity index (χ3v) is 6.38. The number of benzene rings is 1. The van der Waals surface area contributed by atoms with Crippen molar-refractivity contribution in [3.63, 3.8) is 0 Å². The van der Waals surface area contributed by atoms with Crippen LogP contribution in [0.25, 0.3) is 0 Å². The minimum absolute atomic E-state index is 0.00225. The number of carbonyl (C=O) groups is 3. The zero-order chi connectivity index (χ0) is 25.0. The number of carbonyl (C=O) groups excluding carboxylic acids is 2. The number of amides is 2. The summed E-state index contributed by atoms with van der Waals surface area (Å²) in [6.07, 6.45) is 6.66. The van der Waals surface area contributed by atoms with Crippen LogP contribution in [0.4, 0.5) is 4.79 Å². The number of hydroxylamine groups is 2. The Hall–Kier alpha value is -3.11. The van der Waals surface area contributed by atoms with Gasteiger partial charge < -0.3 is 14.7 Å². The summed E-state index contributed by atoms with van der Waals surface area (Å²) in [7, 11) is 0. The van der Waals surface area contributed by atoms with E-state index >= 15 is 0 Å². The molecule has 2 amide bonds. The highest BCUT2D eigenvalue weighted by Gasteiger charge is 2.35. The minimum Gasteiger partial charge on any atom is -0.480 e. The molecular formula is C25H31N3O6S. The number of carboxylic acids is 1. The number of aliphatic carboxylic acids is 1. The van der Waals surface area contributed by atoms with E-state index in [-0.39, 0.29) is 25.5 Å². The Morgan fingerprint density at radius 1 is 1.23 bits per heavy atom. The molecule has 35 heavy (non-hydrogen) atoms. The molecule has 1 aromatic heterocycles. The Labute approximate surface area is 209 Å². The summed E-state index contributed by atoms with van der Waals surface area (Å²) < 4.78 is 5.40. The van der Waals surface area contributed by atoms with Gasteiger partial charge in [-0.3, -0.25) is 14.6 Å². The van der Waals surface area contributed by atoms with E-state index in [0.29, 0.717) is 30.9 Å². The van der Waals surface area contributed by atoms with Gasteiger partial charge in [-0.15, -0.1) is 0 Å². The first-order valence-electron chi connectivity index (χ1n) is 11.6. The quantitative estimate of drug-likeness (QED) is 0.439. The molecule has 1 N–H and O–H groups in total. The predicted molar refractivity (Wildman–Crippen MR) is 132 cm³/mol. The lowest BCUT2D eigenvalue weighted by molar-refractivity contribution is -0.210. The standard InChI is InChI=1S/C25H31N3O6S/c1-35-16-13-22(24(30)31)28(23(29)12-11-19-7-3-2-4-8-19)33-18-20-9-6-15-27(20)25(32)34-21-10-5-14-26-17-21/h2-5,7-8,10,14,17,20,22H,6,9,11-13,15-16,18H2,1H3,(H,30,31)/t20-,22-/m0/s1. The Morgan fingerprint density at radius 3 is 2.71 bits per heavy atom. The number of rotatable bonds is 12. The molecule has 2 aromatic rings. The number of likely N-dealkylation sites (tertiary alicyclic amines) is 1. The van der Waals surface area contributed by atoms with Gasteiger partial charge in [0.25, 0.3) is 0 Å². The second kappa shape index (κ2) is 13.7. The van der Waals surface area contributed by atoms with Crippen molar-refractivity contribution in [2.75, 3.05) is 25.2 Å². The van der Waals surface area contributed by atoms with Gasteiger partial charge in [-0.1, -0.05) is 30.3 Å². The van der Waals surface area contributed by atoms with Gasteiger partial charge in [-0.2, -0.15) is 11.8 Å². The molecule has 10 heteroatoms. The molecule has 188 valence electrons. The van der Waals surface area contributed by atoms with Gasteiger partial charge in [0.1, 0.15) is 0 Å². The summed E-state index contributed by atoms with van der Waals surface area (Å²) >= 11 is 1.50. The highest BCUT2D eigenvalue weighted by atomic mass is 32.2. The largest absolute Gasteiger partial charge is 0.480 e. The predicted octanol–water partition coefficient (Wildman–Crippen LogP) is 3.64. The lowest BCUT2D eigenvalue weighted by Gasteiger charge is -2.31. The maximum Gasteiger partial charge on any atom is 0.415 e. The monoisotopic (exact) mass is 501 g/mol. The average Bonchev–Trinajstić information content (AvgIpc) is 3.34. The van der Waals surface area contributed by atoms with E-state index in [4.69, 9.17) is 9.57 Å². The molecule has 1 saturated heterocycles. The van der Waals surface area contributed by atoms with Crippen molar-refractivity contribution < 1.29 is 29.1 Å². The van der Waals surface area contributed by atoms with Gasteiger partial charge in [0.2, 0.25) is 5.91 Å². The fourth-order valence-electron chi connectivity index (χ4n) is 3.90. The van der Waals surface area contributed by atoms with Gasteiger partial charge in [-0.25, -0.2) is 14.7 Å². The third-order valence-electron chi connectivity index (χ3n) is 5.74. The normalized spacial score (nSPS) is 16.0. The zero-order valence-electron chi connectivity index (χ0n) is 19.7. The summed E-state index contributed by atoms with van der Waals surface area (Å²) in [5.41, 5.74) is 0.983. The van der Waals surface area contributed by atoms with Gasteiger partial charge in [-0.05, 0) is 55.4 Å². The van der Waals surface area contributed by atoms with Crippen LogP contribution < -0.4 is 4.74 Å². The lowest BCUT2D eigenvalue weighted by atomic mass is 10.1. The molecule has 0 unspecified atom stereocenters. The van der Waals surface area contributed by atoms with Crippen LogP contribution in [-0.2, 0) is 20.8 Å². The van der Waals surface area contributed by atoms with Crippen molar-refractivity contribution in [1.29, 1.82) is 0 Å².